The molecule has 8 aliphatic carbocycles. The molecule has 720 valence electrons. The van der Waals surface area contributed by atoms with E-state index in [1.807, 2.05) is 0 Å². The van der Waals surface area contributed by atoms with Gasteiger partial charge in [-0.2, -0.15) is 0 Å². The topological polar surface area (TPSA) is 25.9 Å². The quantitative estimate of drug-likeness (QED) is 0.0944. The number of benzene rings is 20. The van der Waals surface area contributed by atoms with Crippen LogP contribution in [-0.2, 0) is 47.8 Å². The molecule has 0 saturated heterocycles. The molecule has 4 spiro atoms. The smallest absolute Gasteiger partial charge is 0.0726 e. The summed E-state index contributed by atoms with van der Waals surface area (Å²) in [5, 5.41) is 0. The van der Waals surface area contributed by atoms with Gasteiger partial charge in [0.15, 0.2) is 0 Å². The molecule has 0 bridgehead atoms. The molecule has 0 fully saturated rings. The predicted octanol–water partition coefficient (Wildman–Crippen LogP) is 31.1. The first-order valence-electron chi connectivity index (χ1n) is 52.0. The van der Waals surface area contributed by atoms with Gasteiger partial charge in [-0.15, -0.1) is 0 Å². The minimum atomic E-state index is -0.304. The number of anilines is 8. The monoisotopic (exact) mass is 1910 g/mol. The second-order valence-electron chi connectivity index (χ2n) is 42.0. The zero-order valence-corrected chi connectivity index (χ0v) is 86.3. The van der Waals surface area contributed by atoms with Crippen LogP contribution in [0.4, 0.5) is 45.5 Å². The minimum absolute atomic E-state index is 0.270. The maximum atomic E-state index is 2.44. The van der Waals surface area contributed by atoms with E-state index in [4.69, 9.17) is 0 Å². The second-order valence-corrected chi connectivity index (χ2v) is 42.0. The molecule has 0 N–H and O–H groups in total. The van der Waals surface area contributed by atoms with Crippen LogP contribution in [0.2, 0.25) is 0 Å². The summed E-state index contributed by atoms with van der Waals surface area (Å²) >= 11 is 0. The molecular formula is C140H120N8. The number of nitrogens with zero attached hydrogens (tertiary/aromatic N) is 8. The van der Waals surface area contributed by atoms with E-state index < -0.39 is 0 Å². The summed E-state index contributed by atoms with van der Waals surface area (Å²) in [4.78, 5) is 18.2. The van der Waals surface area contributed by atoms with Gasteiger partial charge in [0.1, 0.15) is 0 Å². The van der Waals surface area contributed by atoms with E-state index in [-0.39, 0.29) is 21.7 Å². The number of hydrogen-bond donors (Lipinski definition) is 0. The molecule has 0 unspecified atom stereocenters. The Hall–Kier alpha value is -17.0. The number of hydrogen-bond acceptors (Lipinski definition) is 8. The fourth-order valence-electron chi connectivity index (χ4n) is 26.9. The normalized spacial score (nSPS) is 13.7. The van der Waals surface area contributed by atoms with Crippen molar-refractivity contribution in [2.45, 2.75) is 47.8 Å². The lowest BCUT2D eigenvalue weighted by atomic mass is 9.70. The van der Waals surface area contributed by atoms with E-state index in [1.54, 1.807) is 0 Å². The van der Waals surface area contributed by atoms with Gasteiger partial charge in [0.25, 0.3) is 0 Å². The molecule has 20 aromatic carbocycles. The van der Waals surface area contributed by atoms with Crippen LogP contribution >= 0.6 is 0 Å². The van der Waals surface area contributed by atoms with Crippen molar-refractivity contribution >= 4 is 45.5 Å². The van der Waals surface area contributed by atoms with E-state index >= 15 is 0 Å². The second kappa shape index (κ2) is 36.6. The lowest BCUT2D eigenvalue weighted by Crippen LogP contribution is -2.26. The molecule has 0 atom stereocenters. The van der Waals surface area contributed by atoms with Gasteiger partial charge in [-0.25, -0.2) is 0 Å². The molecule has 8 aliphatic rings. The van der Waals surface area contributed by atoms with Gasteiger partial charge >= 0.3 is 0 Å². The zero-order chi connectivity index (χ0) is 101. The van der Waals surface area contributed by atoms with Gasteiger partial charge in [0, 0.05) is 160 Å². The maximum absolute atomic E-state index is 2.44. The highest BCUT2D eigenvalue weighted by Gasteiger charge is 2.57. The van der Waals surface area contributed by atoms with E-state index in [9.17, 15) is 0 Å². The van der Waals surface area contributed by atoms with Gasteiger partial charge in [0.05, 0.1) is 21.7 Å². The molecule has 8 nitrogen and oxygen atoms in total. The number of fused-ring (bicyclic) bond motifs is 40. The van der Waals surface area contributed by atoms with Crippen molar-refractivity contribution in [3.63, 3.8) is 0 Å². The largest absolute Gasteiger partial charge is 0.378 e. The average Bonchev–Trinajstić information content (AvgIpc) is 1.53. The summed E-state index contributed by atoms with van der Waals surface area (Å²) in [5.41, 5.74) is 58.0. The molecule has 0 heterocycles. The van der Waals surface area contributed by atoms with Crippen LogP contribution in [-0.4, -0.2) is 89.5 Å². The van der Waals surface area contributed by atoms with Crippen molar-refractivity contribution in [3.8, 4) is 89.0 Å². The first-order valence-corrected chi connectivity index (χ1v) is 52.0. The van der Waals surface area contributed by atoms with Crippen molar-refractivity contribution in [3.05, 3.63) is 572 Å². The summed E-state index contributed by atoms with van der Waals surface area (Å²) < 4.78 is 0. The highest BCUT2D eigenvalue weighted by Crippen LogP contribution is 2.69. The van der Waals surface area contributed by atoms with Gasteiger partial charge in [-0.1, -0.05) is 388 Å². The Balaban J connectivity index is 0.000000103. The Kier molecular flexibility index (Phi) is 22.8. The van der Waals surface area contributed by atoms with Crippen LogP contribution in [0.15, 0.2) is 461 Å². The van der Waals surface area contributed by atoms with Crippen LogP contribution in [0, 0.1) is 0 Å². The van der Waals surface area contributed by atoms with E-state index in [2.05, 4.69) is 585 Å². The fraction of sp³-hybridized carbons (Fsp3) is 0.143. The predicted molar refractivity (Wildman–Crippen MR) is 621 cm³/mol. The summed E-state index contributed by atoms with van der Waals surface area (Å²) in [7, 11) is 25.6. The average molecular weight is 1910 g/mol. The molecule has 0 aromatic heterocycles. The third kappa shape index (κ3) is 14.1. The van der Waals surface area contributed by atoms with Gasteiger partial charge < -0.3 is 34.3 Å². The van der Waals surface area contributed by atoms with Crippen molar-refractivity contribution in [2.75, 3.05) is 119 Å². The van der Waals surface area contributed by atoms with E-state index in [0.29, 0.717) is 0 Å². The van der Waals surface area contributed by atoms with Crippen molar-refractivity contribution in [1.82, 2.24) is 4.90 Å². The Morgan fingerprint density at radius 1 is 0.155 bits per heavy atom. The van der Waals surface area contributed by atoms with E-state index in [0.717, 1.165) is 26.2 Å². The molecule has 20 aromatic rings. The van der Waals surface area contributed by atoms with Crippen LogP contribution in [0.5, 0.6) is 0 Å². The van der Waals surface area contributed by atoms with Gasteiger partial charge in [0.2, 0.25) is 0 Å². The first-order chi connectivity index (χ1) is 72.4. The van der Waals surface area contributed by atoms with Crippen LogP contribution in [0.1, 0.15) is 111 Å². The first kappa shape index (κ1) is 92.1. The van der Waals surface area contributed by atoms with Crippen LogP contribution in [0.25, 0.3) is 89.0 Å². The highest BCUT2D eigenvalue weighted by molar-refractivity contribution is 6.04. The molecule has 28 rings (SSSR count). The van der Waals surface area contributed by atoms with Crippen LogP contribution < -0.4 is 34.3 Å². The number of rotatable bonds is 16. The lowest BCUT2D eigenvalue weighted by Gasteiger charge is -2.31. The highest BCUT2D eigenvalue weighted by atomic mass is 15.1. The Morgan fingerprint density at radius 3 is 0.709 bits per heavy atom. The Bertz CT molecular complexity index is 8460. The van der Waals surface area contributed by atoms with Crippen molar-refractivity contribution < 1.29 is 0 Å². The maximum Gasteiger partial charge on any atom is 0.0726 e. The summed E-state index contributed by atoms with van der Waals surface area (Å²) in [5.74, 6) is 0. The van der Waals surface area contributed by atoms with Crippen molar-refractivity contribution in [2.24, 2.45) is 0 Å². The summed E-state index contributed by atoms with van der Waals surface area (Å²) in [6.07, 6.45) is 0. The molecule has 0 radical (unpaired) electrons. The Morgan fingerprint density at radius 2 is 0.378 bits per heavy atom. The van der Waals surface area contributed by atoms with E-state index in [1.165, 1.54) is 246 Å². The molecule has 0 amide bonds. The van der Waals surface area contributed by atoms with Crippen molar-refractivity contribution in [1.29, 1.82) is 0 Å². The van der Waals surface area contributed by atoms with Crippen LogP contribution in [0.3, 0.4) is 0 Å². The van der Waals surface area contributed by atoms with Gasteiger partial charge in [-0.05, 0) is 269 Å². The zero-order valence-electron chi connectivity index (χ0n) is 86.3. The fourth-order valence-corrected chi connectivity index (χ4v) is 26.9. The SMILES string of the molecule is CN(C)c1cccc(CN(C)c2cccc3c2-c2ccccc2C32c3ccccc3-c3ccccc32)c1.CN(C)c1cccc(N(C)Cc2cccc3c2-c2ccccc2C32c3ccccc3-c3ccccc32)c1.CN(C)c1cccc(N(C)c2cccc3c2-c2ccccc2C32c3ccccc3-c3ccccc32)c1.CN(Cc1cccc(N(C)C)c1)Cc1cccc2c1-c1ccccc1C21c2ccccc2-c2ccccc21. The van der Waals surface area contributed by atoms with Gasteiger partial charge in [-0.3, -0.25) is 4.90 Å². The lowest BCUT2D eigenvalue weighted by molar-refractivity contribution is 0.319. The third-order valence-electron chi connectivity index (χ3n) is 33.1. The minimum Gasteiger partial charge on any atom is -0.378 e. The molecule has 0 saturated carbocycles. The Labute approximate surface area is 872 Å². The summed E-state index contributed by atoms with van der Waals surface area (Å²) in [6, 6.07) is 171. The molecular weight excluding hydrogens is 1790 g/mol. The third-order valence-corrected chi connectivity index (χ3v) is 33.1. The molecule has 148 heavy (non-hydrogen) atoms. The molecule has 0 aliphatic heterocycles. The standard InChI is InChI=1S/C36H32N2.2C35H30N2.C34H28N2/c1-37(2)27-14-10-12-25(22-27)23-38(3)24-26-13-11-21-34-35(26)30-17-6-9-20-33(30)36(34)31-18-7-4-15-28(31)29-16-5-8-19-32(29)36;1-36(2)25-13-11-14-26(22-25)37(3)23-24-12-10-21-33-34(24)29-17-6-9-20-32(29)35(33)30-18-7-4-15-27(30)28-16-5-8-19-31(28)35;1-36(2)25-13-10-12-24(22-25)23-37(3)33-21-11-20-32-34(33)28-16-6-9-19-31(28)35(32)29-17-7-4-14-26(29)27-15-5-8-18-30(27)35;1-35(2)23-12-10-13-24(22-23)36(3)32-21-11-20-31-33(32)27-16-6-9-19-30(27)34(31)28-17-7-4-14-25(28)26-15-5-8-18-29(26)34/h4-22H,23-24H2,1-3H3;2*4-22H,23H2,1-3H3;4-22H,1-3H3. The summed E-state index contributed by atoms with van der Waals surface area (Å²) in [6.45, 7) is 3.49. The molecule has 8 heteroatoms.